The second-order valence-corrected chi connectivity index (χ2v) is 14.8. The zero-order valence-electron chi connectivity index (χ0n) is 16.2. The van der Waals surface area contributed by atoms with Crippen LogP contribution in [0.15, 0.2) is 49.6 Å². The summed E-state index contributed by atoms with van der Waals surface area (Å²) < 4.78 is 2.62. The SMILES string of the molecule is CC1=C(C)C(C)(C)[C]([Hf+2][CH]2C(P(C)C)=Cc3ccccc32)=C1C.[F-].[F-]. The quantitative estimate of drug-likeness (QED) is 0.399. The van der Waals surface area contributed by atoms with E-state index in [4.69, 9.17) is 0 Å². The van der Waals surface area contributed by atoms with E-state index in [1.807, 2.05) is 3.33 Å². The molecule has 2 aliphatic rings. The number of allylic oxidation sites excluding steroid dienone is 5. The predicted molar refractivity (Wildman–Crippen MR) is 101 cm³/mol. The first-order chi connectivity index (χ1) is 10.7. The molecule has 1 aromatic carbocycles. The number of rotatable bonds is 3. The van der Waals surface area contributed by atoms with Gasteiger partial charge in [-0.2, -0.15) is 0 Å². The fourth-order valence-corrected chi connectivity index (χ4v) is 15.0. The molecule has 25 heavy (non-hydrogen) atoms. The van der Waals surface area contributed by atoms with E-state index >= 15 is 0 Å². The summed E-state index contributed by atoms with van der Waals surface area (Å²) in [5.41, 5.74) is 8.20. The first-order valence-electron chi connectivity index (χ1n) is 8.39. The molecule has 0 bridgehead atoms. The van der Waals surface area contributed by atoms with Crippen LogP contribution in [0.1, 0.15) is 49.4 Å². The molecule has 3 rings (SSSR count). The van der Waals surface area contributed by atoms with Gasteiger partial charge in [0.1, 0.15) is 0 Å². The third-order valence-corrected chi connectivity index (χ3v) is 16.0. The molecule has 1 unspecified atom stereocenters. The molecule has 0 spiro atoms. The van der Waals surface area contributed by atoms with Crippen molar-refractivity contribution in [1.82, 2.24) is 0 Å². The number of halogens is 2. The molecule has 0 nitrogen and oxygen atoms in total. The molecule has 2 aliphatic carbocycles. The van der Waals surface area contributed by atoms with Gasteiger partial charge in [0.2, 0.25) is 0 Å². The molecule has 0 fully saturated rings. The largest absolute Gasteiger partial charge is 1.00 e. The van der Waals surface area contributed by atoms with Crippen LogP contribution in [-0.2, 0) is 22.9 Å². The minimum absolute atomic E-state index is 0. The van der Waals surface area contributed by atoms with E-state index in [2.05, 4.69) is 78.3 Å². The molecule has 0 heterocycles. The molecule has 0 saturated heterocycles. The van der Waals surface area contributed by atoms with Crippen LogP contribution in [0, 0.1) is 5.41 Å². The van der Waals surface area contributed by atoms with Gasteiger partial charge in [0, 0.05) is 0 Å². The smallest absolute Gasteiger partial charge is 1.00 e. The van der Waals surface area contributed by atoms with Crippen molar-refractivity contribution in [3.05, 3.63) is 60.8 Å². The Bertz CT molecular complexity index is 757. The van der Waals surface area contributed by atoms with Crippen molar-refractivity contribution in [3.63, 3.8) is 0 Å². The van der Waals surface area contributed by atoms with E-state index in [9.17, 15) is 0 Å². The maximum atomic E-state index is 2.52. The maximum Gasteiger partial charge on any atom is -1.00 e. The van der Waals surface area contributed by atoms with Crippen molar-refractivity contribution in [2.45, 2.75) is 38.3 Å². The average Bonchev–Trinajstić information content (AvgIpc) is 2.94. The molecule has 0 saturated carbocycles. The second kappa shape index (κ2) is 8.09. The topological polar surface area (TPSA) is 0 Å². The Morgan fingerprint density at radius 2 is 1.56 bits per heavy atom. The predicted octanol–water partition coefficient (Wildman–Crippen LogP) is 0.564. The van der Waals surface area contributed by atoms with E-state index in [-0.39, 0.29) is 17.3 Å². The van der Waals surface area contributed by atoms with Gasteiger partial charge in [-0.15, -0.1) is 0 Å². The summed E-state index contributed by atoms with van der Waals surface area (Å²) in [4.78, 5) is 0. The monoisotopic (exact) mass is 528 g/mol. The summed E-state index contributed by atoms with van der Waals surface area (Å²) in [5, 5.41) is 1.75. The van der Waals surface area contributed by atoms with Crippen LogP contribution in [-0.4, -0.2) is 13.3 Å². The second-order valence-electron chi connectivity index (χ2n) is 7.54. The van der Waals surface area contributed by atoms with E-state index in [0.717, 1.165) is 3.67 Å². The standard InChI is InChI=1S/C11H12P.C10H15.2FH.Hf/c1-12(2)11-7-9-5-3-4-6-10(9)8-11;1-7-6-10(4,5)9(3)8(7)2;;;/h3-8H,1-2H3;1-5H3;2*1H;/q;;;;+2/p-2. The molecular weight excluding hydrogens is 500 g/mol. The minimum atomic E-state index is -0.981. The summed E-state index contributed by atoms with van der Waals surface area (Å²) in [6.07, 6.45) is 2.52. The fraction of sp³-hybridized carbons (Fsp3) is 0.429. The number of hydrogen-bond donors (Lipinski definition) is 0. The van der Waals surface area contributed by atoms with Gasteiger partial charge in [-0.05, 0) is 0 Å². The summed E-state index contributed by atoms with van der Waals surface area (Å²) >= 11 is -0.981. The first-order valence-corrected chi connectivity index (χ1v) is 14.5. The summed E-state index contributed by atoms with van der Waals surface area (Å²) in [6, 6.07) is 9.12. The molecule has 0 aromatic heterocycles. The zero-order valence-corrected chi connectivity index (χ0v) is 20.7. The zero-order chi connectivity index (χ0) is 16.9. The Labute approximate surface area is 163 Å². The minimum Gasteiger partial charge on any atom is -1.00 e. The van der Waals surface area contributed by atoms with Crippen molar-refractivity contribution in [2.75, 3.05) is 13.3 Å². The summed E-state index contributed by atoms with van der Waals surface area (Å²) in [6.45, 7) is 16.8. The molecule has 1 aromatic rings. The first kappa shape index (κ1) is 22.6. The molecule has 134 valence electrons. The van der Waals surface area contributed by atoms with Crippen LogP contribution in [0.5, 0.6) is 0 Å². The van der Waals surface area contributed by atoms with Crippen molar-refractivity contribution < 1.29 is 32.3 Å². The molecule has 0 radical (unpaired) electrons. The third-order valence-electron chi connectivity index (χ3n) is 5.77. The van der Waals surface area contributed by atoms with E-state index in [1.165, 1.54) is 5.56 Å². The van der Waals surface area contributed by atoms with Crippen LogP contribution in [0.2, 0.25) is 0 Å². The number of hydrogen-bond acceptors (Lipinski definition) is 0. The van der Waals surface area contributed by atoms with Crippen molar-refractivity contribution in [3.8, 4) is 0 Å². The third kappa shape index (κ3) is 3.69. The molecule has 4 heteroatoms. The fourth-order valence-electron chi connectivity index (χ4n) is 3.87. The van der Waals surface area contributed by atoms with Gasteiger partial charge < -0.3 is 9.41 Å². The Balaban J connectivity index is 0.00000156. The Morgan fingerprint density at radius 1 is 0.960 bits per heavy atom. The normalized spacial score (nSPS) is 20.8. The number of benzene rings is 1. The van der Waals surface area contributed by atoms with Crippen LogP contribution < -0.4 is 9.41 Å². The van der Waals surface area contributed by atoms with Crippen LogP contribution in [0.4, 0.5) is 0 Å². The van der Waals surface area contributed by atoms with Gasteiger partial charge in [-0.1, -0.05) is 0 Å². The van der Waals surface area contributed by atoms with Crippen LogP contribution >= 0.6 is 7.92 Å². The maximum absolute atomic E-state index is 2.52. The van der Waals surface area contributed by atoms with Crippen LogP contribution in [0.3, 0.4) is 0 Å². The Hall–Kier alpha value is -0.400. The molecule has 0 N–H and O–H groups in total. The van der Waals surface area contributed by atoms with E-state index < -0.39 is 22.9 Å². The number of fused-ring (bicyclic) bond motifs is 1. The van der Waals surface area contributed by atoms with Gasteiger partial charge in [-0.3, -0.25) is 0 Å². The van der Waals surface area contributed by atoms with Crippen LogP contribution in [0.25, 0.3) is 6.08 Å². The molecule has 1 atom stereocenters. The van der Waals surface area contributed by atoms with E-state index in [1.54, 1.807) is 27.6 Å². The van der Waals surface area contributed by atoms with Gasteiger partial charge in [-0.25, -0.2) is 0 Å². The van der Waals surface area contributed by atoms with Crippen molar-refractivity contribution in [2.24, 2.45) is 5.41 Å². The molecule has 0 aliphatic heterocycles. The van der Waals surface area contributed by atoms with Gasteiger partial charge >= 0.3 is 155 Å². The average molecular weight is 527 g/mol. The summed E-state index contributed by atoms with van der Waals surface area (Å²) in [7, 11) is -0.00119. The Kier molecular flexibility index (Phi) is 7.33. The van der Waals surface area contributed by atoms with Gasteiger partial charge in [0.25, 0.3) is 0 Å². The molecular formula is C21H27F2HfP. The Morgan fingerprint density at radius 3 is 2.08 bits per heavy atom. The van der Waals surface area contributed by atoms with Crippen molar-refractivity contribution in [1.29, 1.82) is 0 Å². The summed E-state index contributed by atoms with van der Waals surface area (Å²) in [5.74, 6) is 0. The van der Waals surface area contributed by atoms with Gasteiger partial charge in [0.05, 0.1) is 0 Å². The van der Waals surface area contributed by atoms with Gasteiger partial charge in [0.15, 0.2) is 0 Å². The van der Waals surface area contributed by atoms with Crippen molar-refractivity contribution >= 4 is 14.0 Å². The van der Waals surface area contributed by atoms with E-state index in [0.29, 0.717) is 5.41 Å². The molecule has 0 amide bonds.